The Hall–Kier alpha value is -7.54. The molecule has 87 heavy (non-hydrogen) atoms. The molecule has 7 aromatic rings. The van der Waals surface area contributed by atoms with Crippen LogP contribution in [0.5, 0.6) is 0 Å². The van der Waals surface area contributed by atoms with Gasteiger partial charge in [-0.1, -0.05) is 75.4 Å². The van der Waals surface area contributed by atoms with Gasteiger partial charge in [0.2, 0.25) is 23.6 Å². The van der Waals surface area contributed by atoms with Gasteiger partial charge in [-0.25, -0.2) is 19.9 Å². The van der Waals surface area contributed by atoms with E-state index in [1.165, 1.54) is 4.90 Å². The number of fused-ring (bicyclic) bond motifs is 1. The van der Waals surface area contributed by atoms with Crippen LogP contribution < -0.4 is 27.4 Å². The Bertz CT molecular complexity index is 3420. The van der Waals surface area contributed by atoms with Gasteiger partial charge in [0.15, 0.2) is 11.5 Å². The van der Waals surface area contributed by atoms with Crippen molar-refractivity contribution in [3.63, 3.8) is 0 Å². The van der Waals surface area contributed by atoms with E-state index in [0.29, 0.717) is 82.1 Å². The van der Waals surface area contributed by atoms with Crippen molar-refractivity contribution >= 4 is 51.9 Å². The summed E-state index contributed by atoms with van der Waals surface area (Å²) in [5.74, 6) is -0.237. The first-order chi connectivity index (χ1) is 42.0. The fourth-order valence-electron chi connectivity index (χ4n) is 10.6. The topological polar surface area (TPSA) is 283 Å². The molecule has 0 radical (unpaired) electrons. The maximum atomic E-state index is 14.0. The summed E-state index contributed by atoms with van der Waals surface area (Å²) in [5, 5.41) is 19.4. The Morgan fingerprint density at radius 1 is 0.759 bits per heavy atom. The van der Waals surface area contributed by atoms with Crippen LogP contribution in [0, 0.1) is 12.3 Å². The Labute approximate surface area is 511 Å². The predicted octanol–water partition coefficient (Wildman–Crippen LogP) is 6.83. The van der Waals surface area contributed by atoms with E-state index in [4.69, 9.17) is 45.1 Å². The molecule has 0 unspecified atom stereocenters. The molecule has 2 aliphatic rings. The van der Waals surface area contributed by atoms with Gasteiger partial charge >= 0.3 is 0 Å². The number of aryl methyl sites for hydroxylation is 1. The Morgan fingerprint density at radius 3 is 2.05 bits per heavy atom. The highest BCUT2D eigenvalue weighted by molar-refractivity contribution is 7.13. The number of amides is 4. The maximum absolute atomic E-state index is 14.0. The van der Waals surface area contributed by atoms with Crippen LogP contribution in [0.1, 0.15) is 81.7 Å². The van der Waals surface area contributed by atoms with Crippen LogP contribution in [0.4, 0.5) is 5.82 Å². The minimum absolute atomic E-state index is 0.0117. The number of likely N-dealkylation sites (tertiary alicyclic amines) is 1. The number of benzene rings is 3. The van der Waals surface area contributed by atoms with Crippen LogP contribution in [-0.2, 0) is 61.4 Å². The lowest BCUT2D eigenvalue weighted by Gasteiger charge is -2.38. The number of carbonyl (C=O) groups is 4. The van der Waals surface area contributed by atoms with E-state index in [-0.39, 0.29) is 75.4 Å². The number of nitrogen functional groups attached to an aromatic ring is 1. The Kier molecular flexibility index (Phi) is 22.3. The van der Waals surface area contributed by atoms with Gasteiger partial charge in [0.1, 0.15) is 23.4 Å². The molecule has 1 aliphatic heterocycles. The molecule has 2 fully saturated rings. The smallest absolute Gasteiger partial charge is 0.246 e. The summed E-state index contributed by atoms with van der Waals surface area (Å²) in [5.41, 5.74) is 23.7. The van der Waals surface area contributed by atoms with Gasteiger partial charge < -0.3 is 61.1 Å². The first kappa shape index (κ1) is 63.9. The van der Waals surface area contributed by atoms with Crippen LogP contribution >= 0.6 is 11.3 Å². The van der Waals surface area contributed by atoms with E-state index < -0.39 is 29.5 Å². The number of carbonyl (C=O) groups excluding carboxylic acids is 4. The predicted molar refractivity (Wildman–Crippen MR) is 333 cm³/mol. The van der Waals surface area contributed by atoms with E-state index in [1.807, 2.05) is 105 Å². The lowest BCUT2D eigenvalue weighted by molar-refractivity contribution is -0.144. The van der Waals surface area contributed by atoms with Crippen LogP contribution in [0.25, 0.3) is 49.9 Å². The third-order valence-electron chi connectivity index (χ3n) is 15.6. The average molecular weight is 1210 g/mol. The first-order valence-corrected chi connectivity index (χ1v) is 30.7. The summed E-state index contributed by atoms with van der Waals surface area (Å²) < 4.78 is 30.1. The zero-order valence-corrected chi connectivity index (χ0v) is 51.0. The molecule has 1 saturated carbocycles. The molecule has 0 spiro atoms. The summed E-state index contributed by atoms with van der Waals surface area (Å²) in [6, 6.07) is 30.2. The molecule has 8 N–H and O–H groups in total. The minimum atomic E-state index is -0.938. The van der Waals surface area contributed by atoms with Gasteiger partial charge in [0, 0.05) is 61.9 Å². The van der Waals surface area contributed by atoms with E-state index in [1.54, 1.807) is 17.5 Å². The molecule has 22 heteroatoms. The molecule has 9 rings (SSSR count). The fraction of sp³-hybridized carbons (Fsp3) is 0.446. The van der Waals surface area contributed by atoms with Crippen molar-refractivity contribution < 1.29 is 48.0 Å². The molecular weight excluding hydrogens is 1130 g/mol. The molecule has 5 heterocycles. The van der Waals surface area contributed by atoms with Gasteiger partial charge in [-0.3, -0.25) is 23.7 Å². The molecule has 4 amide bonds. The monoisotopic (exact) mass is 1210 g/mol. The van der Waals surface area contributed by atoms with Crippen LogP contribution in [-0.4, -0.2) is 155 Å². The van der Waals surface area contributed by atoms with Gasteiger partial charge in [-0.2, -0.15) is 0 Å². The number of thiazole rings is 1. The quantitative estimate of drug-likeness (QED) is 0.0243. The zero-order chi connectivity index (χ0) is 61.3. The first-order valence-electron chi connectivity index (χ1n) is 29.8. The van der Waals surface area contributed by atoms with Crippen molar-refractivity contribution in [3.05, 3.63) is 131 Å². The van der Waals surface area contributed by atoms with Gasteiger partial charge in [-0.05, 0) is 103 Å². The highest BCUT2D eigenvalue weighted by Crippen LogP contribution is 2.40. The van der Waals surface area contributed by atoms with Gasteiger partial charge in [0.05, 0.1) is 99.5 Å². The number of aliphatic hydroxyl groups excluding tert-OH is 1. The molecule has 1 saturated heterocycles. The highest BCUT2D eigenvalue weighted by atomic mass is 32.1. The van der Waals surface area contributed by atoms with Crippen molar-refractivity contribution in [2.24, 2.45) is 11.1 Å². The number of nitrogens with one attached hydrogen (secondary N) is 3. The fourth-order valence-corrected chi connectivity index (χ4v) is 11.4. The third-order valence-corrected chi connectivity index (χ3v) is 16.6. The number of aromatic nitrogens is 5. The number of ether oxygens (including phenoxy) is 5. The van der Waals surface area contributed by atoms with Crippen LogP contribution in [0.15, 0.2) is 109 Å². The van der Waals surface area contributed by atoms with E-state index in [0.717, 1.165) is 74.5 Å². The number of hydrogen-bond acceptors (Lipinski definition) is 17. The maximum Gasteiger partial charge on any atom is 0.246 e. The second-order valence-corrected chi connectivity index (χ2v) is 24.0. The molecule has 4 aromatic heterocycles. The van der Waals surface area contributed by atoms with E-state index in [9.17, 15) is 24.3 Å². The number of anilines is 1. The van der Waals surface area contributed by atoms with Gasteiger partial charge in [-0.15, -0.1) is 11.3 Å². The van der Waals surface area contributed by atoms with Crippen LogP contribution in [0.3, 0.4) is 0 Å². The normalized spacial score (nSPS) is 16.0. The molecule has 21 nitrogen and oxygen atoms in total. The molecule has 462 valence electrons. The molecule has 1 aliphatic carbocycles. The zero-order valence-electron chi connectivity index (χ0n) is 50.1. The highest BCUT2D eigenvalue weighted by Gasteiger charge is 2.44. The van der Waals surface area contributed by atoms with E-state index in [2.05, 4.69) is 56.3 Å². The number of β-amino-alcohol motifs (C(OH)–C–C–N with tert-alkyl or cyclic N) is 1. The second kappa shape index (κ2) is 30.4. The van der Waals surface area contributed by atoms with Crippen molar-refractivity contribution in [2.75, 3.05) is 84.9 Å². The largest absolute Gasteiger partial charge is 0.391 e. The standard InChI is InChI=1S/C65H81N11O10S/c1-43-57(87-42-71-43)46-13-11-45(12-14-46)40-70-62(80)54-39-50(77)41-75(54)63(81)58(64(2,3)4)74-56(79)23-29-83-31-33-85-35-37-86-36-34-84-32-30-82-28-22-55(78)68-27-21-44-8-5-9-47(38-44)52-19-20-53-61(72-52)76(60(73-53)51-10-6-26-69-59(51)66)49-17-15-48(16-18-49)65(67)24-7-25-65/h5-6,8-20,26,38,42,50,54,58,77H,7,21-25,27-37,39-41,67H2,1-4H3,(H2,66,69)(H,68,78)(H,70,80)(H,74,79)/t50-,54+,58-/m1/s1. The van der Waals surface area contributed by atoms with Crippen molar-refractivity contribution in [1.29, 1.82) is 0 Å². The van der Waals surface area contributed by atoms with Crippen molar-refractivity contribution in [1.82, 2.24) is 45.4 Å². The average Bonchev–Trinajstić information content (AvgIpc) is 1.89. The van der Waals surface area contributed by atoms with Gasteiger partial charge in [0.25, 0.3) is 0 Å². The second-order valence-electron chi connectivity index (χ2n) is 23.1. The Morgan fingerprint density at radius 2 is 1.43 bits per heavy atom. The number of hydrogen-bond donors (Lipinski definition) is 6. The summed E-state index contributed by atoms with van der Waals surface area (Å²) in [6.07, 6.45) is 4.85. The lowest BCUT2D eigenvalue weighted by Crippen LogP contribution is -2.57. The summed E-state index contributed by atoms with van der Waals surface area (Å²) in [4.78, 5) is 74.4. The van der Waals surface area contributed by atoms with Crippen molar-refractivity contribution in [2.45, 2.75) is 103 Å². The van der Waals surface area contributed by atoms with E-state index >= 15 is 0 Å². The number of aliphatic hydroxyl groups is 1. The molecule has 3 atom stereocenters. The minimum Gasteiger partial charge on any atom is -0.391 e. The summed E-state index contributed by atoms with van der Waals surface area (Å²) >= 11 is 1.57. The van der Waals surface area contributed by atoms with Crippen molar-refractivity contribution in [3.8, 4) is 38.8 Å². The number of imidazole rings is 1. The van der Waals surface area contributed by atoms with Crippen LogP contribution in [0.2, 0.25) is 0 Å². The number of pyridine rings is 2. The number of rotatable bonds is 31. The third kappa shape index (κ3) is 17.2. The number of nitrogens with two attached hydrogens (primary N) is 2. The lowest BCUT2D eigenvalue weighted by atomic mass is 9.73. The number of nitrogens with zero attached hydrogens (tertiary/aromatic N) is 6. The molecule has 3 aromatic carbocycles. The summed E-state index contributed by atoms with van der Waals surface area (Å²) in [7, 11) is 0. The summed E-state index contributed by atoms with van der Waals surface area (Å²) in [6.45, 7) is 11.3. The molecule has 0 bridgehead atoms. The Balaban J connectivity index is 0.594. The molecular formula is C65H81N11O10S. The SMILES string of the molecule is Cc1ncsc1-c1ccc(CNC(=O)[C@@H]2C[C@@H](O)CN2C(=O)[C@@H](NC(=O)CCOCCOCCOCCOCCOCCC(=O)NCCc2cccc(-c3ccc4nc(-c5cccnc5N)n(-c5ccc(C6(N)CCC6)cc5)c4n3)c2)C(C)(C)C)cc1.